The number of allylic oxidation sites excluding steroid dienone is 1. The third-order valence-electron chi connectivity index (χ3n) is 13.1. The minimum Gasteiger partial charge on any atom is -0.508 e. The molecular formula is C45H54FN5O7Si. The average molecular weight is 824 g/mol. The molecule has 0 radical (unpaired) electrons. The molecule has 12 nitrogen and oxygen atoms in total. The highest BCUT2D eigenvalue weighted by atomic mass is 28.4. The van der Waals surface area contributed by atoms with Gasteiger partial charge in [0.15, 0.2) is 37.0 Å². The number of piperazine rings is 1. The van der Waals surface area contributed by atoms with E-state index in [4.69, 9.17) is 18.4 Å². The molecule has 0 amide bonds. The van der Waals surface area contributed by atoms with Crippen molar-refractivity contribution in [3.63, 3.8) is 0 Å². The summed E-state index contributed by atoms with van der Waals surface area (Å²) in [6.07, 6.45) is 0.258. The minimum atomic E-state index is -2.95. The number of likely N-dealkylation sites (N-methyl/N-ethyl adjacent to an activating group) is 1. The molecule has 3 heterocycles. The number of ether oxygens (including phenoxy) is 2. The molecular weight excluding hydrogens is 770 g/mol. The topological polar surface area (TPSA) is 131 Å². The zero-order valence-electron chi connectivity index (χ0n) is 35.2. The van der Waals surface area contributed by atoms with Crippen molar-refractivity contribution in [3.8, 4) is 11.6 Å². The first-order chi connectivity index (χ1) is 28.0. The summed E-state index contributed by atoms with van der Waals surface area (Å²) >= 11 is 0. The van der Waals surface area contributed by atoms with Gasteiger partial charge < -0.3 is 33.3 Å². The molecule has 4 atom stereocenters. The highest BCUT2D eigenvalue weighted by molar-refractivity contribution is 6.74. The lowest BCUT2D eigenvalue weighted by molar-refractivity contribution is -0.0481. The third-order valence-corrected chi connectivity index (χ3v) is 17.6. The summed E-state index contributed by atoms with van der Waals surface area (Å²) in [7, 11) is 2.81. The number of hydrogen-bond acceptors (Lipinski definition) is 12. The predicted octanol–water partition coefficient (Wildman–Crippen LogP) is 7.57. The number of Topliss-reactive ketones (excluding diaryl/α,β-unsaturated/α-hetero) is 2. The standard InChI is InChI=1S/C45H54FN5O7Si/c1-44(2,3)59(7,8)58-45-31(35(49(4)5)37-34(40(45)54)43(48-57-37)56-26-28-17-13-10-14-18-28)24-29-23-30-33(36(52)32(29)39(45)53)38(55-25-27-15-11-9-12-16-27)42(47-41(30)46)51-21-19-50(6)20-22-51/h9-18,29,31,35,53H,19-26H2,1-8H3/t29-,31-,35-,45-/m0/s1. The third kappa shape index (κ3) is 6.97. The van der Waals surface area contributed by atoms with E-state index in [1.54, 1.807) is 0 Å². The maximum atomic E-state index is 16.6. The van der Waals surface area contributed by atoms with Crippen LogP contribution < -0.4 is 14.4 Å². The van der Waals surface area contributed by atoms with Crippen LogP contribution in [0.1, 0.15) is 76.4 Å². The highest BCUT2D eigenvalue weighted by Crippen LogP contribution is 2.60. The van der Waals surface area contributed by atoms with Crippen molar-refractivity contribution in [2.75, 3.05) is 52.2 Å². The fraction of sp³-hybridized carbons (Fsp3) is 0.467. The van der Waals surface area contributed by atoms with Crippen molar-refractivity contribution < 1.29 is 37.5 Å². The van der Waals surface area contributed by atoms with Crippen molar-refractivity contribution in [3.05, 3.63) is 112 Å². The Kier molecular flexibility index (Phi) is 10.6. The minimum absolute atomic E-state index is 0.0147. The molecule has 1 fully saturated rings. The van der Waals surface area contributed by atoms with E-state index < -0.39 is 60.1 Å². The van der Waals surface area contributed by atoms with Gasteiger partial charge >= 0.3 is 0 Å². The number of pyridine rings is 1. The zero-order valence-corrected chi connectivity index (χ0v) is 36.2. The number of anilines is 1. The Labute approximate surface area is 346 Å². The molecule has 4 aliphatic rings. The molecule has 0 saturated carbocycles. The number of ketones is 2. The first-order valence-corrected chi connectivity index (χ1v) is 23.3. The molecule has 8 rings (SSSR count). The number of halogens is 1. The van der Waals surface area contributed by atoms with E-state index in [2.05, 4.69) is 35.8 Å². The molecule has 312 valence electrons. The predicted molar refractivity (Wildman–Crippen MR) is 223 cm³/mol. The average Bonchev–Trinajstić information content (AvgIpc) is 3.62. The summed E-state index contributed by atoms with van der Waals surface area (Å²) < 4.78 is 42.6. The van der Waals surface area contributed by atoms with Gasteiger partial charge in [0, 0.05) is 43.2 Å². The summed E-state index contributed by atoms with van der Waals surface area (Å²) in [6, 6.07) is 18.4. The van der Waals surface area contributed by atoms with Crippen LogP contribution in [0, 0.1) is 17.8 Å². The van der Waals surface area contributed by atoms with E-state index in [0.717, 1.165) is 11.1 Å². The maximum absolute atomic E-state index is 16.6. The first-order valence-electron chi connectivity index (χ1n) is 20.4. The van der Waals surface area contributed by atoms with Gasteiger partial charge in [-0.25, -0.2) is 0 Å². The van der Waals surface area contributed by atoms with Crippen LogP contribution in [-0.4, -0.2) is 97.9 Å². The van der Waals surface area contributed by atoms with Crippen molar-refractivity contribution in [1.29, 1.82) is 0 Å². The Balaban J connectivity index is 1.31. The lowest BCUT2D eigenvalue weighted by Crippen LogP contribution is -2.65. The Bertz CT molecular complexity index is 2280. The number of aromatic nitrogens is 2. The lowest BCUT2D eigenvalue weighted by atomic mass is 9.58. The summed E-state index contributed by atoms with van der Waals surface area (Å²) in [5, 5.41) is 17.0. The maximum Gasteiger partial charge on any atom is 0.265 e. The first kappa shape index (κ1) is 40.9. The summed E-state index contributed by atoms with van der Waals surface area (Å²) in [4.78, 5) is 41.6. The Morgan fingerprint density at radius 1 is 0.949 bits per heavy atom. The Hall–Kier alpha value is -4.89. The highest BCUT2D eigenvalue weighted by Gasteiger charge is 2.67. The number of aliphatic hydroxyl groups is 1. The van der Waals surface area contributed by atoms with E-state index in [0.29, 0.717) is 31.9 Å². The molecule has 0 spiro atoms. The summed E-state index contributed by atoms with van der Waals surface area (Å²) in [5.74, 6) is -3.11. The smallest absolute Gasteiger partial charge is 0.265 e. The number of rotatable bonds is 10. The number of aliphatic hydroxyl groups excluding tert-OH is 1. The fourth-order valence-electron chi connectivity index (χ4n) is 8.95. The van der Waals surface area contributed by atoms with Crippen molar-refractivity contribution in [1.82, 2.24) is 19.9 Å². The van der Waals surface area contributed by atoms with Gasteiger partial charge in [-0.1, -0.05) is 81.4 Å². The molecule has 2 aromatic carbocycles. The number of nitrogens with zero attached hydrogens (tertiary/aromatic N) is 5. The number of hydrogen-bond donors (Lipinski definition) is 1. The van der Waals surface area contributed by atoms with Crippen molar-refractivity contribution in [2.24, 2.45) is 11.8 Å². The van der Waals surface area contributed by atoms with Crippen LogP contribution in [0.4, 0.5) is 10.2 Å². The van der Waals surface area contributed by atoms with Crippen LogP contribution >= 0.6 is 0 Å². The molecule has 1 N–H and O–H groups in total. The molecule has 14 heteroatoms. The molecule has 0 bridgehead atoms. The van der Waals surface area contributed by atoms with Crippen LogP contribution in [0.2, 0.25) is 18.1 Å². The van der Waals surface area contributed by atoms with E-state index in [9.17, 15) is 5.11 Å². The van der Waals surface area contributed by atoms with E-state index in [1.165, 1.54) is 0 Å². The molecule has 1 saturated heterocycles. The van der Waals surface area contributed by atoms with Crippen molar-refractivity contribution in [2.45, 2.75) is 76.6 Å². The van der Waals surface area contributed by atoms with Gasteiger partial charge in [-0.15, -0.1) is 0 Å². The fourth-order valence-corrected chi connectivity index (χ4v) is 10.4. The Morgan fingerprint density at radius 3 is 2.15 bits per heavy atom. The quantitative estimate of drug-likeness (QED) is 0.125. The number of carbonyl (C=O) groups excluding carboxylic acids is 2. The molecule has 4 aromatic rings. The largest absolute Gasteiger partial charge is 0.508 e. The number of benzene rings is 2. The van der Waals surface area contributed by atoms with Crippen LogP contribution in [0.5, 0.6) is 11.6 Å². The number of fused-ring (bicyclic) bond motifs is 4. The lowest BCUT2D eigenvalue weighted by Gasteiger charge is -2.55. The van der Waals surface area contributed by atoms with Crippen molar-refractivity contribution >= 4 is 25.7 Å². The van der Waals surface area contributed by atoms with Crippen LogP contribution in [0.3, 0.4) is 0 Å². The zero-order chi connectivity index (χ0) is 42.0. The molecule has 2 aromatic heterocycles. The molecule has 1 aliphatic heterocycles. The normalized spacial score (nSPS) is 23.5. The second-order valence-electron chi connectivity index (χ2n) is 18.1. The van der Waals surface area contributed by atoms with Crippen LogP contribution in [-0.2, 0) is 24.1 Å². The van der Waals surface area contributed by atoms with Crippen LogP contribution in [0.15, 0.2) is 76.5 Å². The van der Waals surface area contributed by atoms with Gasteiger partial charge in [0.05, 0.1) is 11.6 Å². The monoisotopic (exact) mass is 823 g/mol. The SMILES string of the molecule is CN1CCN(c2nc(F)c3c(c2OCc2ccccc2)C(=O)C2=C(O)[C@]4(O[Si](C)(C)C(C)(C)C)C(=O)c5c(OCc6ccccc6)noc5[C@@H](N(C)C)[C@@H]4C[C@@H]2C3)CC1. The van der Waals surface area contributed by atoms with Gasteiger partial charge in [-0.3, -0.25) is 14.5 Å². The molecule has 59 heavy (non-hydrogen) atoms. The van der Waals surface area contributed by atoms with E-state index in [-0.39, 0.29) is 65.8 Å². The van der Waals surface area contributed by atoms with E-state index >= 15 is 14.0 Å². The van der Waals surface area contributed by atoms with Gasteiger partial charge in [0.25, 0.3) is 5.88 Å². The second kappa shape index (κ2) is 15.3. The van der Waals surface area contributed by atoms with E-state index in [1.807, 2.05) is 105 Å². The van der Waals surface area contributed by atoms with Gasteiger partial charge in [-0.2, -0.15) is 9.37 Å². The molecule has 3 aliphatic carbocycles. The van der Waals surface area contributed by atoms with Gasteiger partial charge in [0.1, 0.15) is 24.5 Å². The molecule has 0 unspecified atom stereocenters. The number of carbonyl (C=O) groups is 2. The van der Waals surface area contributed by atoms with Gasteiger partial charge in [0.2, 0.25) is 11.7 Å². The second-order valence-corrected chi connectivity index (χ2v) is 22.9. The van der Waals surface area contributed by atoms with Crippen LogP contribution in [0.25, 0.3) is 0 Å². The summed E-state index contributed by atoms with van der Waals surface area (Å²) in [5.41, 5.74) is -0.0361. The Morgan fingerprint density at radius 2 is 1.56 bits per heavy atom. The summed E-state index contributed by atoms with van der Waals surface area (Å²) in [6.45, 7) is 13.0. The van der Waals surface area contributed by atoms with Gasteiger partial charge in [-0.05, 0) is 74.3 Å².